The number of β-amino-alcohol motifs (C(OH)–C–C–N with tert-alkyl or cyclic N) is 1. The van der Waals surface area contributed by atoms with Crippen LogP contribution in [-0.2, 0) is 22.4 Å². The molecule has 0 radical (unpaired) electrons. The van der Waals surface area contributed by atoms with Crippen molar-refractivity contribution in [2.75, 3.05) is 18.4 Å². The summed E-state index contributed by atoms with van der Waals surface area (Å²) in [6.07, 6.45) is 4.24. The maximum atomic E-state index is 12.5. The highest BCUT2D eigenvalue weighted by Gasteiger charge is 2.31. The molecule has 2 N–H and O–H groups in total. The number of nitrogens with one attached hydrogen (secondary N) is 1. The van der Waals surface area contributed by atoms with Gasteiger partial charge < -0.3 is 20.1 Å². The van der Waals surface area contributed by atoms with E-state index >= 15 is 0 Å². The molecule has 3 heterocycles. The Bertz CT molecular complexity index is 871. The van der Waals surface area contributed by atoms with Crippen molar-refractivity contribution in [3.63, 3.8) is 0 Å². The van der Waals surface area contributed by atoms with E-state index in [-0.39, 0.29) is 30.9 Å². The van der Waals surface area contributed by atoms with E-state index < -0.39 is 6.10 Å². The number of pyridine rings is 1. The normalized spacial score (nSPS) is 21.6. The number of aliphatic hydroxyl groups excluding tert-OH is 1. The predicted molar refractivity (Wildman–Crippen MR) is 103 cm³/mol. The van der Waals surface area contributed by atoms with Gasteiger partial charge in [0.15, 0.2) is 0 Å². The standard InChI is InChI=1S/C21H23N3O4/c25-18-13-24(21(27)10-14-2-1-8-22-12-14)9-7-19(18)28-16-5-3-15-4-6-20(26)23-17(15)11-16/h1-3,5,8,11-12,18-19,25H,4,6-7,9-10,13H2,(H,23,26)/t18-,19-/m1/s1. The molecule has 7 nitrogen and oxygen atoms in total. The van der Waals surface area contributed by atoms with Crippen LogP contribution in [0.2, 0.25) is 0 Å². The van der Waals surface area contributed by atoms with Crippen molar-refractivity contribution in [1.82, 2.24) is 9.88 Å². The van der Waals surface area contributed by atoms with Crippen LogP contribution >= 0.6 is 0 Å². The fourth-order valence-electron chi connectivity index (χ4n) is 3.66. The molecule has 1 aromatic heterocycles. The zero-order valence-electron chi connectivity index (χ0n) is 15.5. The summed E-state index contributed by atoms with van der Waals surface area (Å²) in [5.74, 6) is 0.590. The van der Waals surface area contributed by atoms with Gasteiger partial charge >= 0.3 is 0 Å². The number of hydrogen-bond acceptors (Lipinski definition) is 5. The number of ether oxygens (including phenoxy) is 1. The molecule has 0 aliphatic carbocycles. The van der Waals surface area contributed by atoms with Crippen molar-refractivity contribution in [3.05, 3.63) is 53.9 Å². The van der Waals surface area contributed by atoms with Crippen LogP contribution in [0.25, 0.3) is 0 Å². The number of rotatable bonds is 4. The number of anilines is 1. The van der Waals surface area contributed by atoms with Gasteiger partial charge in [0.05, 0.1) is 13.0 Å². The zero-order chi connectivity index (χ0) is 19.5. The van der Waals surface area contributed by atoms with E-state index in [1.807, 2.05) is 18.2 Å². The van der Waals surface area contributed by atoms with E-state index in [0.29, 0.717) is 25.1 Å². The highest BCUT2D eigenvalue weighted by atomic mass is 16.5. The monoisotopic (exact) mass is 381 g/mol. The van der Waals surface area contributed by atoms with Crippen LogP contribution in [0.15, 0.2) is 42.7 Å². The number of nitrogens with zero attached hydrogens (tertiary/aromatic N) is 2. The summed E-state index contributed by atoms with van der Waals surface area (Å²) in [5.41, 5.74) is 2.71. The largest absolute Gasteiger partial charge is 0.488 e. The maximum absolute atomic E-state index is 12.5. The Morgan fingerprint density at radius 2 is 2.21 bits per heavy atom. The fourth-order valence-corrected chi connectivity index (χ4v) is 3.66. The number of aromatic nitrogens is 1. The summed E-state index contributed by atoms with van der Waals surface area (Å²) in [5, 5.41) is 13.3. The summed E-state index contributed by atoms with van der Waals surface area (Å²) in [6.45, 7) is 0.772. The minimum atomic E-state index is -0.766. The van der Waals surface area contributed by atoms with Gasteiger partial charge in [0.25, 0.3) is 0 Å². The van der Waals surface area contributed by atoms with E-state index in [1.54, 1.807) is 29.4 Å². The summed E-state index contributed by atoms with van der Waals surface area (Å²) < 4.78 is 5.97. The first-order valence-corrected chi connectivity index (χ1v) is 9.52. The quantitative estimate of drug-likeness (QED) is 0.838. The lowest BCUT2D eigenvalue weighted by Gasteiger charge is -2.36. The van der Waals surface area contributed by atoms with Gasteiger partial charge in [-0.25, -0.2) is 0 Å². The molecule has 1 fully saturated rings. The molecular formula is C21H23N3O4. The number of likely N-dealkylation sites (tertiary alicyclic amines) is 1. The Morgan fingerprint density at radius 1 is 1.32 bits per heavy atom. The van der Waals surface area contributed by atoms with Crippen molar-refractivity contribution < 1.29 is 19.4 Å². The third kappa shape index (κ3) is 4.14. The second-order valence-electron chi connectivity index (χ2n) is 7.26. The van der Waals surface area contributed by atoms with Gasteiger partial charge in [0.2, 0.25) is 11.8 Å². The number of piperidine rings is 1. The molecule has 1 saturated heterocycles. The van der Waals surface area contributed by atoms with E-state index in [0.717, 1.165) is 23.2 Å². The van der Waals surface area contributed by atoms with Gasteiger partial charge in [0, 0.05) is 43.5 Å². The molecular weight excluding hydrogens is 358 g/mol. The minimum Gasteiger partial charge on any atom is -0.488 e. The van der Waals surface area contributed by atoms with Crippen LogP contribution in [-0.4, -0.2) is 52.1 Å². The van der Waals surface area contributed by atoms with Gasteiger partial charge in [-0.05, 0) is 29.7 Å². The van der Waals surface area contributed by atoms with Gasteiger partial charge in [-0.1, -0.05) is 12.1 Å². The summed E-state index contributed by atoms with van der Waals surface area (Å²) in [6, 6.07) is 9.29. The van der Waals surface area contributed by atoms with Gasteiger partial charge in [0.1, 0.15) is 18.0 Å². The van der Waals surface area contributed by atoms with Gasteiger partial charge in [-0.2, -0.15) is 0 Å². The Hall–Kier alpha value is -2.93. The van der Waals surface area contributed by atoms with Gasteiger partial charge in [-0.3, -0.25) is 14.6 Å². The molecule has 2 atom stereocenters. The second-order valence-corrected chi connectivity index (χ2v) is 7.26. The highest BCUT2D eigenvalue weighted by Crippen LogP contribution is 2.29. The van der Waals surface area contributed by atoms with Crippen molar-refractivity contribution in [2.45, 2.75) is 37.9 Å². The first-order valence-electron chi connectivity index (χ1n) is 9.52. The van der Waals surface area contributed by atoms with E-state index in [4.69, 9.17) is 4.74 Å². The Morgan fingerprint density at radius 3 is 3.00 bits per heavy atom. The number of benzene rings is 1. The third-order valence-corrected chi connectivity index (χ3v) is 5.22. The third-order valence-electron chi connectivity index (χ3n) is 5.22. The van der Waals surface area contributed by atoms with E-state index in [2.05, 4.69) is 10.3 Å². The minimum absolute atomic E-state index is 0.00474. The summed E-state index contributed by atoms with van der Waals surface area (Å²) >= 11 is 0. The number of aliphatic hydroxyl groups is 1. The molecule has 0 bridgehead atoms. The van der Waals surface area contributed by atoms with Crippen molar-refractivity contribution in [1.29, 1.82) is 0 Å². The smallest absolute Gasteiger partial charge is 0.227 e. The fraction of sp³-hybridized carbons (Fsp3) is 0.381. The molecule has 0 spiro atoms. The molecule has 2 aliphatic rings. The molecule has 2 amide bonds. The summed E-state index contributed by atoms with van der Waals surface area (Å²) in [7, 11) is 0. The van der Waals surface area contributed by atoms with Crippen LogP contribution < -0.4 is 10.1 Å². The number of carbonyl (C=O) groups excluding carboxylic acids is 2. The maximum Gasteiger partial charge on any atom is 0.227 e. The van der Waals surface area contributed by atoms with Crippen LogP contribution in [0.5, 0.6) is 5.75 Å². The lowest BCUT2D eigenvalue weighted by Crippen LogP contribution is -2.51. The molecule has 0 saturated carbocycles. The average Bonchev–Trinajstić information content (AvgIpc) is 2.70. The Labute approximate surface area is 163 Å². The zero-order valence-corrected chi connectivity index (χ0v) is 15.5. The first kappa shape index (κ1) is 18.4. The molecule has 2 aliphatic heterocycles. The van der Waals surface area contributed by atoms with Gasteiger partial charge in [-0.15, -0.1) is 0 Å². The number of aryl methyl sites for hydroxylation is 1. The van der Waals surface area contributed by atoms with Crippen molar-refractivity contribution in [3.8, 4) is 5.75 Å². The molecule has 4 rings (SSSR count). The highest BCUT2D eigenvalue weighted by molar-refractivity contribution is 5.94. The first-order chi connectivity index (χ1) is 13.6. The van der Waals surface area contributed by atoms with Crippen LogP contribution in [0.1, 0.15) is 24.0 Å². The summed E-state index contributed by atoms with van der Waals surface area (Å²) in [4.78, 5) is 29.7. The number of hydrogen-bond donors (Lipinski definition) is 2. The van der Waals surface area contributed by atoms with Crippen LogP contribution in [0.4, 0.5) is 5.69 Å². The topological polar surface area (TPSA) is 91.8 Å². The Balaban J connectivity index is 1.35. The Kier molecular flexibility index (Phi) is 5.25. The predicted octanol–water partition coefficient (Wildman–Crippen LogP) is 1.55. The molecule has 0 unspecified atom stereocenters. The lowest BCUT2D eigenvalue weighted by molar-refractivity contribution is -0.136. The molecule has 146 valence electrons. The SMILES string of the molecule is O=C1CCc2ccc(O[C@@H]3CCN(C(=O)Cc4cccnc4)C[C@H]3O)cc2N1. The van der Waals surface area contributed by atoms with Crippen LogP contribution in [0, 0.1) is 0 Å². The average molecular weight is 381 g/mol. The lowest BCUT2D eigenvalue weighted by atomic mass is 10.0. The van der Waals surface area contributed by atoms with Crippen molar-refractivity contribution in [2.24, 2.45) is 0 Å². The van der Waals surface area contributed by atoms with Crippen molar-refractivity contribution >= 4 is 17.5 Å². The molecule has 1 aromatic carbocycles. The molecule has 7 heteroatoms. The van der Waals surface area contributed by atoms with E-state index in [1.165, 1.54) is 0 Å². The number of fused-ring (bicyclic) bond motifs is 1. The second kappa shape index (κ2) is 7.98. The van der Waals surface area contributed by atoms with Crippen LogP contribution in [0.3, 0.4) is 0 Å². The number of amides is 2. The molecule has 2 aromatic rings. The number of carbonyl (C=O) groups is 2. The van der Waals surface area contributed by atoms with E-state index in [9.17, 15) is 14.7 Å². The molecule has 28 heavy (non-hydrogen) atoms.